The summed E-state index contributed by atoms with van der Waals surface area (Å²) in [6, 6.07) is 10.1. The summed E-state index contributed by atoms with van der Waals surface area (Å²) in [5.41, 5.74) is 2.49. The van der Waals surface area contributed by atoms with E-state index in [1.165, 1.54) is 11.8 Å². The molecule has 1 saturated heterocycles. The monoisotopic (exact) mass is 298 g/mol. The predicted molar refractivity (Wildman–Crippen MR) is 85.8 cm³/mol. The normalized spacial score (nSPS) is 16.2. The van der Waals surface area contributed by atoms with Crippen LogP contribution in [-0.2, 0) is 11.3 Å². The molecular formula is C17H22N4O. The molecule has 1 aliphatic heterocycles. The number of hydrogen-bond donors (Lipinski definition) is 1. The topological polar surface area (TPSA) is 59.4 Å². The Kier molecular flexibility index (Phi) is 5.56. The molecule has 0 aliphatic carbocycles. The standard InChI is InChI=1S/C17H22N4O/c1-14-3-5-15(6-4-14)12-19-13-16(11-18)17(22)21-9-7-20(2)8-10-21/h3-6,13,19H,7-10,12H2,1-2H3/b16-13-. The van der Waals surface area contributed by atoms with Gasteiger partial charge in [-0.3, -0.25) is 4.79 Å². The van der Waals surface area contributed by atoms with Gasteiger partial charge in [0.05, 0.1) is 0 Å². The molecule has 5 nitrogen and oxygen atoms in total. The molecule has 0 bridgehead atoms. The minimum atomic E-state index is -0.188. The van der Waals surface area contributed by atoms with Gasteiger partial charge in [-0.05, 0) is 19.5 Å². The number of carbonyl (C=O) groups excluding carboxylic acids is 1. The van der Waals surface area contributed by atoms with Crippen LogP contribution in [0.5, 0.6) is 0 Å². The zero-order valence-electron chi connectivity index (χ0n) is 13.2. The zero-order valence-corrected chi connectivity index (χ0v) is 13.2. The Morgan fingerprint density at radius 2 is 1.91 bits per heavy atom. The second-order valence-corrected chi connectivity index (χ2v) is 5.63. The molecule has 1 heterocycles. The maximum absolute atomic E-state index is 12.3. The van der Waals surface area contributed by atoms with E-state index in [0.29, 0.717) is 19.6 Å². The molecule has 0 saturated carbocycles. The van der Waals surface area contributed by atoms with Gasteiger partial charge in [-0.2, -0.15) is 5.26 Å². The first-order valence-corrected chi connectivity index (χ1v) is 7.47. The van der Waals surface area contributed by atoms with Crippen LogP contribution in [0.3, 0.4) is 0 Å². The highest BCUT2D eigenvalue weighted by atomic mass is 16.2. The molecule has 1 fully saturated rings. The van der Waals surface area contributed by atoms with Gasteiger partial charge in [0.15, 0.2) is 0 Å². The highest BCUT2D eigenvalue weighted by Gasteiger charge is 2.21. The Morgan fingerprint density at radius 1 is 1.27 bits per heavy atom. The van der Waals surface area contributed by atoms with Crippen LogP contribution in [0.15, 0.2) is 36.0 Å². The molecule has 1 aromatic carbocycles. The van der Waals surface area contributed by atoms with Gasteiger partial charge in [0.25, 0.3) is 5.91 Å². The van der Waals surface area contributed by atoms with Crippen LogP contribution < -0.4 is 5.32 Å². The van der Waals surface area contributed by atoms with Crippen molar-refractivity contribution in [3.63, 3.8) is 0 Å². The van der Waals surface area contributed by atoms with E-state index in [4.69, 9.17) is 0 Å². The van der Waals surface area contributed by atoms with Gasteiger partial charge in [0, 0.05) is 38.9 Å². The van der Waals surface area contributed by atoms with Gasteiger partial charge < -0.3 is 15.1 Å². The van der Waals surface area contributed by atoms with Crippen molar-refractivity contribution in [3.8, 4) is 6.07 Å². The summed E-state index contributed by atoms with van der Waals surface area (Å²) in [6.45, 7) is 5.68. The Labute approximate surface area is 131 Å². The van der Waals surface area contributed by atoms with Gasteiger partial charge in [0.1, 0.15) is 11.6 Å². The van der Waals surface area contributed by atoms with Crippen molar-refractivity contribution in [2.45, 2.75) is 13.5 Å². The molecule has 0 aromatic heterocycles. The number of nitrogens with one attached hydrogen (secondary N) is 1. The van der Waals surface area contributed by atoms with Crippen molar-refractivity contribution in [1.29, 1.82) is 5.26 Å². The fraction of sp³-hybridized carbons (Fsp3) is 0.412. The van der Waals surface area contributed by atoms with Crippen molar-refractivity contribution in [1.82, 2.24) is 15.1 Å². The molecule has 0 unspecified atom stereocenters. The van der Waals surface area contributed by atoms with E-state index >= 15 is 0 Å². The molecule has 1 aromatic rings. The number of amides is 1. The number of benzene rings is 1. The van der Waals surface area contributed by atoms with E-state index in [0.717, 1.165) is 18.7 Å². The van der Waals surface area contributed by atoms with Crippen molar-refractivity contribution in [2.75, 3.05) is 33.2 Å². The predicted octanol–water partition coefficient (Wildman–Crippen LogP) is 1.27. The molecule has 1 N–H and O–H groups in total. The van der Waals surface area contributed by atoms with E-state index in [2.05, 4.69) is 10.2 Å². The quantitative estimate of drug-likeness (QED) is 0.672. The van der Waals surface area contributed by atoms with Crippen molar-refractivity contribution in [2.24, 2.45) is 0 Å². The average Bonchev–Trinajstić information content (AvgIpc) is 2.53. The SMILES string of the molecule is Cc1ccc(CN/C=C(/C#N)C(=O)N2CCN(C)CC2)cc1. The Balaban J connectivity index is 1.91. The number of likely N-dealkylation sites (N-methyl/N-ethyl adjacent to an activating group) is 1. The number of nitrogens with zero attached hydrogens (tertiary/aromatic N) is 3. The largest absolute Gasteiger partial charge is 0.386 e. The fourth-order valence-corrected chi connectivity index (χ4v) is 2.30. The highest BCUT2D eigenvalue weighted by molar-refractivity contribution is 5.97. The van der Waals surface area contributed by atoms with Crippen molar-refractivity contribution >= 4 is 5.91 Å². The number of carbonyl (C=O) groups is 1. The van der Waals surface area contributed by atoms with Crippen LogP contribution in [0.4, 0.5) is 0 Å². The molecule has 0 atom stereocenters. The van der Waals surface area contributed by atoms with Crippen LogP contribution in [0, 0.1) is 18.3 Å². The second-order valence-electron chi connectivity index (χ2n) is 5.63. The number of nitriles is 1. The van der Waals surface area contributed by atoms with E-state index in [-0.39, 0.29) is 11.5 Å². The van der Waals surface area contributed by atoms with Gasteiger partial charge >= 0.3 is 0 Å². The van der Waals surface area contributed by atoms with Crippen molar-refractivity contribution < 1.29 is 4.79 Å². The molecule has 0 spiro atoms. The van der Waals surface area contributed by atoms with E-state index < -0.39 is 0 Å². The molecule has 0 radical (unpaired) electrons. The summed E-state index contributed by atoms with van der Waals surface area (Å²) >= 11 is 0. The third kappa shape index (κ3) is 4.34. The van der Waals surface area contributed by atoms with Crippen LogP contribution in [0.2, 0.25) is 0 Å². The lowest BCUT2D eigenvalue weighted by molar-refractivity contribution is -0.128. The number of aryl methyl sites for hydroxylation is 1. The minimum Gasteiger partial charge on any atom is -0.386 e. The lowest BCUT2D eigenvalue weighted by Gasteiger charge is -2.32. The summed E-state index contributed by atoms with van der Waals surface area (Å²) in [4.78, 5) is 16.2. The van der Waals surface area contributed by atoms with Gasteiger partial charge in [-0.25, -0.2) is 0 Å². The summed E-state index contributed by atoms with van der Waals surface area (Å²) in [5, 5.41) is 12.3. The van der Waals surface area contributed by atoms with Gasteiger partial charge in [-0.1, -0.05) is 29.8 Å². The van der Waals surface area contributed by atoms with E-state index in [1.807, 2.05) is 44.3 Å². The zero-order chi connectivity index (χ0) is 15.9. The number of hydrogen-bond acceptors (Lipinski definition) is 4. The van der Waals surface area contributed by atoms with Crippen molar-refractivity contribution in [3.05, 3.63) is 47.2 Å². The summed E-state index contributed by atoms with van der Waals surface area (Å²) in [6.07, 6.45) is 1.53. The fourth-order valence-electron chi connectivity index (χ4n) is 2.30. The van der Waals surface area contributed by atoms with E-state index in [1.54, 1.807) is 4.90 Å². The number of piperazine rings is 1. The Hall–Kier alpha value is -2.32. The lowest BCUT2D eigenvalue weighted by Crippen LogP contribution is -2.47. The van der Waals surface area contributed by atoms with Crippen LogP contribution in [-0.4, -0.2) is 48.9 Å². The summed E-state index contributed by atoms with van der Waals surface area (Å²) in [7, 11) is 2.03. The Bertz CT molecular complexity index is 578. The first-order chi connectivity index (χ1) is 10.6. The molecular weight excluding hydrogens is 276 g/mol. The summed E-state index contributed by atoms with van der Waals surface area (Å²) < 4.78 is 0. The van der Waals surface area contributed by atoms with Crippen LogP contribution >= 0.6 is 0 Å². The van der Waals surface area contributed by atoms with Gasteiger partial charge in [-0.15, -0.1) is 0 Å². The summed E-state index contributed by atoms with van der Waals surface area (Å²) in [5.74, 6) is -0.188. The number of rotatable bonds is 4. The van der Waals surface area contributed by atoms with Crippen LogP contribution in [0.25, 0.3) is 0 Å². The molecule has 5 heteroatoms. The Morgan fingerprint density at radius 3 is 2.50 bits per heavy atom. The third-order valence-corrected chi connectivity index (χ3v) is 3.81. The maximum Gasteiger partial charge on any atom is 0.266 e. The molecule has 22 heavy (non-hydrogen) atoms. The first-order valence-electron chi connectivity index (χ1n) is 7.47. The second kappa shape index (κ2) is 7.62. The molecule has 1 amide bonds. The van der Waals surface area contributed by atoms with Gasteiger partial charge in [0.2, 0.25) is 0 Å². The molecule has 2 rings (SSSR count). The third-order valence-electron chi connectivity index (χ3n) is 3.81. The van der Waals surface area contributed by atoms with E-state index in [9.17, 15) is 10.1 Å². The lowest BCUT2D eigenvalue weighted by atomic mass is 10.1. The first kappa shape index (κ1) is 16.1. The average molecular weight is 298 g/mol. The maximum atomic E-state index is 12.3. The molecule has 1 aliphatic rings. The van der Waals surface area contributed by atoms with Crippen LogP contribution in [0.1, 0.15) is 11.1 Å². The highest BCUT2D eigenvalue weighted by Crippen LogP contribution is 2.06. The smallest absolute Gasteiger partial charge is 0.266 e. The minimum absolute atomic E-state index is 0.164. The molecule has 116 valence electrons.